The second-order valence-electron chi connectivity index (χ2n) is 5.63. The highest BCUT2D eigenvalue weighted by Crippen LogP contribution is 2.25. The molecule has 7 heteroatoms. The van der Waals surface area contributed by atoms with Crippen molar-refractivity contribution in [3.63, 3.8) is 0 Å². The minimum Gasteiger partial charge on any atom is -0.399 e. The van der Waals surface area contributed by atoms with Gasteiger partial charge in [-0.05, 0) is 48.9 Å². The minimum atomic E-state index is -0.128. The molecule has 0 aliphatic heterocycles. The molecule has 0 aromatic heterocycles. The number of carbonyl (C=O) groups excluding carboxylic acids is 1. The van der Waals surface area contributed by atoms with Gasteiger partial charge in [0.2, 0.25) is 5.91 Å². The summed E-state index contributed by atoms with van der Waals surface area (Å²) in [5, 5.41) is 3.81. The summed E-state index contributed by atoms with van der Waals surface area (Å²) in [7, 11) is 0. The van der Waals surface area contributed by atoms with E-state index in [1.807, 2.05) is 24.3 Å². The molecule has 2 aromatic rings. The number of nitrogens with one attached hydrogen (secondary N) is 1. The molecule has 0 aliphatic carbocycles. The van der Waals surface area contributed by atoms with Crippen LogP contribution in [-0.2, 0) is 11.3 Å². The van der Waals surface area contributed by atoms with Gasteiger partial charge < -0.3 is 11.1 Å². The molecule has 0 unspecified atom stereocenters. The van der Waals surface area contributed by atoms with Gasteiger partial charge >= 0.3 is 0 Å². The number of amides is 1. The lowest BCUT2D eigenvalue weighted by atomic mass is 10.2. The number of hydrogen-bond acceptors (Lipinski definition) is 3. The van der Waals surface area contributed by atoms with Crippen LogP contribution >= 0.6 is 35.6 Å². The molecular formula is C18H22Cl3N3O. The summed E-state index contributed by atoms with van der Waals surface area (Å²) in [6.07, 6.45) is 0.952. The van der Waals surface area contributed by atoms with Crippen LogP contribution in [0.5, 0.6) is 0 Å². The van der Waals surface area contributed by atoms with Gasteiger partial charge in [0.15, 0.2) is 0 Å². The quantitative estimate of drug-likeness (QED) is 0.651. The molecule has 0 bridgehead atoms. The molecule has 0 saturated carbocycles. The van der Waals surface area contributed by atoms with Gasteiger partial charge in [0.05, 0.1) is 17.3 Å². The van der Waals surface area contributed by atoms with Gasteiger partial charge in [-0.1, -0.05) is 42.3 Å². The number of anilines is 2. The van der Waals surface area contributed by atoms with E-state index in [-0.39, 0.29) is 24.9 Å². The van der Waals surface area contributed by atoms with Gasteiger partial charge in [-0.2, -0.15) is 0 Å². The monoisotopic (exact) mass is 401 g/mol. The van der Waals surface area contributed by atoms with Crippen LogP contribution in [-0.4, -0.2) is 23.9 Å². The number of halogens is 3. The third-order valence-corrected chi connectivity index (χ3v) is 4.03. The Morgan fingerprint density at radius 3 is 2.64 bits per heavy atom. The van der Waals surface area contributed by atoms with Crippen LogP contribution in [0.2, 0.25) is 10.0 Å². The van der Waals surface area contributed by atoms with Crippen molar-refractivity contribution in [2.75, 3.05) is 24.1 Å². The van der Waals surface area contributed by atoms with Gasteiger partial charge in [0, 0.05) is 17.3 Å². The number of carbonyl (C=O) groups is 1. The zero-order valence-corrected chi connectivity index (χ0v) is 16.3. The summed E-state index contributed by atoms with van der Waals surface area (Å²) in [4.78, 5) is 14.4. The summed E-state index contributed by atoms with van der Waals surface area (Å²) < 4.78 is 0. The lowest BCUT2D eigenvalue weighted by Crippen LogP contribution is -2.33. The van der Waals surface area contributed by atoms with E-state index in [1.54, 1.807) is 18.2 Å². The second-order valence-corrected chi connectivity index (χ2v) is 6.47. The molecule has 2 aromatic carbocycles. The molecule has 25 heavy (non-hydrogen) atoms. The Kier molecular flexibility index (Phi) is 9.08. The molecule has 0 heterocycles. The molecule has 3 N–H and O–H groups in total. The summed E-state index contributed by atoms with van der Waals surface area (Å²) in [5.41, 5.74) is 8.14. The van der Waals surface area contributed by atoms with Crippen LogP contribution in [0, 0.1) is 0 Å². The van der Waals surface area contributed by atoms with Crippen LogP contribution in [0.15, 0.2) is 42.5 Å². The number of nitrogens with two attached hydrogens (primary N) is 1. The number of benzene rings is 2. The maximum atomic E-state index is 12.3. The fourth-order valence-electron chi connectivity index (χ4n) is 2.47. The summed E-state index contributed by atoms with van der Waals surface area (Å²) in [5.74, 6) is -0.128. The Morgan fingerprint density at radius 2 is 1.96 bits per heavy atom. The zero-order valence-electron chi connectivity index (χ0n) is 14.0. The van der Waals surface area contributed by atoms with E-state index in [2.05, 4.69) is 17.1 Å². The van der Waals surface area contributed by atoms with Crippen molar-refractivity contribution in [1.82, 2.24) is 4.90 Å². The topological polar surface area (TPSA) is 58.4 Å². The van der Waals surface area contributed by atoms with E-state index < -0.39 is 0 Å². The van der Waals surface area contributed by atoms with Crippen molar-refractivity contribution < 1.29 is 4.79 Å². The highest BCUT2D eigenvalue weighted by Gasteiger charge is 2.12. The molecule has 4 nitrogen and oxygen atoms in total. The molecule has 1 amide bonds. The van der Waals surface area contributed by atoms with Crippen molar-refractivity contribution in [2.24, 2.45) is 0 Å². The average molecular weight is 403 g/mol. The first kappa shape index (κ1) is 21.6. The van der Waals surface area contributed by atoms with Crippen molar-refractivity contribution in [3.05, 3.63) is 58.1 Å². The predicted octanol–water partition coefficient (Wildman–Crippen LogP) is 4.85. The van der Waals surface area contributed by atoms with Gasteiger partial charge in [0.1, 0.15) is 0 Å². The fourth-order valence-corrected chi connectivity index (χ4v) is 2.80. The Labute approximate surface area is 164 Å². The molecular weight excluding hydrogens is 381 g/mol. The molecule has 0 saturated heterocycles. The van der Waals surface area contributed by atoms with Crippen molar-refractivity contribution >= 4 is 52.9 Å². The molecule has 0 fully saturated rings. The van der Waals surface area contributed by atoms with E-state index in [0.717, 1.165) is 24.2 Å². The lowest BCUT2D eigenvalue weighted by molar-refractivity contribution is -0.117. The highest BCUT2D eigenvalue weighted by molar-refractivity contribution is 6.35. The standard InChI is InChI=1S/C18H21Cl2N3O.ClH/c1-2-8-23(11-13-4-3-5-15(21)9-13)12-18(24)22-17-10-14(19)6-7-16(17)20;/h3-7,9-10H,2,8,11-12,21H2,1H3,(H,22,24);1H. The third-order valence-electron chi connectivity index (χ3n) is 3.47. The van der Waals surface area contributed by atoms with Gasteiger partial charge in [-0.3, -0.25) is 9.69 Å². The van der Waals surface area contributed by atoms with Crippen molar-refractivity contribution in [2.45, 2.75) is 19.9 Å². The van der Waals surface area contributed by atoms with Crippen LogP contribution < -0.4 is 11.1 Å². The highest BCUT2D eigenvalue weighted by atomic mass is 35.5. The Morgan fingerprint density at radius 1 is 1.20 bits per heavy atom. The van der Waals surface area contributed by atoms with E-state index in [0.29, 0.717) is 22.3 Å². The summed E-state index contributed by atoms with van der Waals surface area (Å²) in [6.45, 7) is 3.82. The minimum absolute atomic E-state index is 0. The zero-order chi connectivity index (χ0) is 17.5. The summed E-state index contributed by atoms with van der Waals surface area (Å²) >= 11 is 12.0. The largest absolute Gasteiger partial charge is 0.399 e. The van der Waals surface area contributed by atoms with Gasteiger partial charge in [-0.25, -0.2) is 0 Å². The Balaban J connectivity index is 0.00000312. The first-order valence-electron chi connectivity index (χ1n) is 7.79. The fraction of sp³-hybridized carbons (Fsp3) is 0.278. The Hall–Kier alpha value is -1.46. The van der Waals surface area contributed by atoms with Crippen molar-refractivity contribution in [1.29, 1.82) is 0 Å². The number of nitrogens with zero attached hydrogens (tertiary/aromatic N) is 1. The van der Waals surface area contributed by atoms with Gasteiger partial charge in [-0.15, -0.1) is 12.4 Å². The average Bonchev–Trinajstić information content (AvgIpc) is 2.51. The summed E-state index contributed by atoms with van der Waals surface area (Å²) in [6, 6.07) is 12.7. The lowest BCUT2D eigenvalue weighted by Gasteiger charge is -2.21. The van der Waals surface area contributed by atoms with E-state index in [9.17, 15) is 4.79 Å². The predicted molar refractivity (Wildman–Crippen MR) is 109 cm³/mol. The molecule has 136 valence electrons. The normalized spacial score (nSPS) is 10.4. The van der Waals surface area contributed by atoms with E-state index >= 15 is 0 Å². The smallest absolute Gasteiger partial charge is 0.238 e. The molecule has 0 aliphatic rings. The van der Waals surface area contributed by atoms with Gasteiger partial charge in [0.25, 0.3) is 0 Å². The molecule has 2 rings (SSSR count). The van der Waals surface area contributed by atoms with Crippen molar-refractivity contribution in [3.8, 4) is 0 Å². The molecule has 0 atom stereocenters. The number of nitrogen functional groups attached to an aromatic ring is 1. The molecule has 0 spiro atoms. The van der Waals surface area contributed by atoms with Crippen LogP contribution in [0.25, 0.3) is 0 Å². The SMILES string of the molecule is CCCN(CC(=O)Nc1cc(Cl)ccc1Cl)Cc1cccc(N)c1.Cl. The first-order valence-corrected chi connectivity index (χ1v) is 8.55. The van der Waals surface area contributed by atoms with Crippen LogP contribution in [0.3, 0.4) is 0 Å². The maximum Gasteiger partial charge on any atom is 0.238 e. The van der Waals surface area contributed by atoms with E-state index in [4.69, 9.17) is 28.9 Å². The molecule has 0 radical (unpaired) electrons. The van der Waals surface area contributed by atoms with Crippen LogP contribution in [0.1, 0.15) is 18.9 Å². The number of hydrogen-bond donors (Lipinski definition) is 2. The second kappa shape index (κ2) is 10.5. The third kappa shape index (κ3) is 7.12. The van der Waals surface area contributed by atoms with E-state index in [1.165, 1.54) is 0 Å². The Bertz CT molecular complexity index is 710. The van der Waals surface area contributed by atoms with Crippen LogP contribution in [0.4, 0.5) is 11.4 Å². The number of rotatable bonds is 7. The maximum absolute atomic E-state index is 12.3. The first-order chi connectivity index (χ1) is 11.5.